The van der Waals surface area contributed by atoms with E-state index in [9.17, 15) is 4.79 Å². The molecule has 1 aliphatic carbocycles. The van der Waals surface area contributed by atoms with Crippen molar-refractivity contribution in [1.29, 1.82) is 0 Å². The lowest BCUT2D eigenvalue weighted by atomic mass is 9.75. The molecule has 2 nitrogen and oxygen atoms in total. The van der Waals surface area contributed by atoms with E-state index < -0.39 is 0 Å². The number of rotatable bonds is 5. The molecule has 2 heteroatoms. The van der Waals surface area contributed by atoms with E-state index in [4.69, 9.17) is 5.73 Å². The van der Waals surface area contributed by atoms with Crippen LogP contribution in [0.15, 0.2) is 30.3 Å². The maximum absolute atomic E-state index is 11.0. The molecule has 0 heterocycles. The second kappa shape index (κ2) is 6.58. The van der Waals surface area contributed by atoms with E-state index in [1.165, 1.54) is 37.7 Å². The first-order valence-electron chi connectivity index (χ1n) is 7.10. The van der Waals surface area contributed by atoms with Crippen LogP contribution in [0.3, 0.4) is 0 Å². The summed E-state index contributed by atoms with van der Waals surface area (Å²) in [6, 6.07) is 10.6. The predicted octanol–water partition coefficient (Wildman–Crippen LogP) is 3.62. The Hall–Kier alpha value is -1.31. The molecule has 2 rings (SSSR count). The van der Waals surface area contributed by atoms with Crippen LogP contribution in [0, 0.1) is 5.92 Å². The molecule has 18 heavy (non-hydrogen) atoms. The second-order valence-corrected chi connectivity index (χ2v) is 5.42. The van der Waals surface area contributed by atoms with Crippen molar-refractivity contribution in [3.05, 3.63) is 35.9 Å². The first-order valence-corrected chi connectivity index (χ1v) is 7.10. The molecule has 1 atom stereocenters. The van der Waals surface area contributed by atoms with E-state index in [0.29, 0.717) is 12.3 Å². The summed E-state index contributed by atoms with van der Waals surface area (Å²) in [5, 5.41) is 0. The molecule has 98 valence electrons. The number of primary amides is 1. The summed E-state index contributed by atoms with van der Waals surface area (Å²) in [6.45, 7) is 0. The van der Waals surface area contributed by atoms with Crippen LogP contribution in [0.25, 0.3) is 0 Å². The lowest BCUT2D eigenvalue weighted by Crippen LogP contribution is -2.19. The average molecular weight is 245 g/mol. The van der Waals surface area contributed by atoms with Crippen molar-refractivity contribution in [2.75, 3.05) is 0 Å². The Kier molecular flexibility index (Phi) is 4.80. The highest BCUT2D eigenvalue weighted by Gasteiger charge is 2.25. The predicted molar refractivity (Wildman–Crippen MR) is 74.2 cm³/mol. The molecule has 0 spiro atoms. The topological polar surface area (TPSA) is 43.1 Å². The Morgan fingerprint density at radius 2 is 1.83 bits per heavy atom. The largest absolute Gasteiger partial charge is 0.370 e. The minimum Gasteiger partial charge on any atom is -0.370 e. The van der Waals surface area contributed by atoms with Crippen LogP contribution in [-0.2, 0) is 4.79 Å². The summed E-state index contributed by atoms with van der Waals surface area (Å²) in [7, 11) is 0. The summed E-state index contributed by atoms with van der Waals surface area (Å²) in [5.41, 5.74) is 6.69. The van der Waals surface area contributed by atoms with Gasteiger partial charge in [0.05, 0.1) is 0 Å². The van der Waals surface area contributed by atoms with Crippen molar-refractivity contribution in [3.63, 3.8) is 0 Å². The minimum absolute atomic E-state index is 0.174. The van der Waals surface area contributed by atoms with Crippen molar-refractivity contribution in [1.82, 2.24) is 0 Å². The minimum atomic E-state index is -0.174. The first-order chi connectivity index (χ1) is 8.77. The van der Waals surface area contributed by atoms with Crippen LogP contribution in [-0.4, -0.2) is 5.91 Å². The molecule has 1 aliphatic rings. The molecule has 1 fully saturated rings. The fraction of sp³-hybridized carbons (Fsp3) is 0.562. The Bertz CT molecular complexity index is 368. The number of amides is 1. The number of carbonyl (C=O) groups is 1. The molecule has 2 N–H and O–H groups in total. The standard InChI is InChI=1S/C16H23NO/c17-16(18)12-11-15(13-7-3-1-4-8-13)14-9-5-2-6-10-14/h1,3-4,7-8,14-15H,2,5-6,9-12H2,(H2,17,18). The van der Waals surface area contributed by atoms with Gasteiger partial charge >= 0.3 is 0 Å². The number of benzene rings is 1. The molecule has 1 amide bonds. The molecule has 1 aromatic carbocycles. The van der Waals surface area contributed by atoms with Crippen LogP contribution in [0.1, 0.15) is 56.4 Å². The summed E-state index contributed by atoms with van der Waals surface area (Å²) in [4.78, 5) is 11.0. The van der Waals surface area contributed by atoms with E-state index in [0.717, 1.165) is 12.3 Å². The maximum atomic E-state index is 11.0. The SMILES string of the molecule is NC(=O)CCC(c1ccccc1)C1CCCCC1. The van der Waals surface area contributed by atoms with E-state index in [2.05, 4.69) is 30.3 Å². The zero-order valence-electron chi connectivity index (χ0n) is 11.0. The summed E-state index contributed by atoms with van der Waals surface area (Å²) in [6.07, 6.45) is 8.07. The lowest BCUT2D eigenvalue weighted by molar-refractivity contribution is -0.118. The molecule has 1 unspecified atom stereocenters. The third kappa shape index (κ3) is 3.59. The van der Waals surface area contributed by atoms with E-state index >= 15 is 0 Å². The highest BCUT2D eigenvalue weighted by Crippen LogP contribution is 2.38. The number of hydrogen-bond donors (Lipinski definition) is 1. The first kappa shape index (κ1) is 13.1. The van der Waals surface area contributed by atoms with Crippen molar-refractivity contribution < 1.29 is 4.79 Å². The Morgan fingerprint density at radius 1 is 1.17 bits per heavy atom. The van der Waals surface area contributed by atoms with Gasteiger partial charge in [0.2, 0.25) is 5.91 Å². The molecule has 0 bridgehead atoms. The Morgan fingerprint density at radius 3 is 2.44 bits per heavy atom. The van der Waals surface area contributed by atoms with Gasteiger partial charge in [-0.2, -0.15) is 0 Å². The summed E-state index contributed by atoms with van der Waals surface area (Å²) in [5.74, 6) is 1.08. The van der Waals surface area contributed by atoms with Gasteiger partial charge in [-0.15, -0.1) is 0 Å². The van der Waals surface area contributed by atoms with Crippen LogP contribution < -0.4 is 5.73 Å². The quantitative estimate of drug-likeness (QED) is 0.846. The van der Waals surface area contributed by atoms with E-state index in [1.54, 1.807) is 0 Å². The van der Waals surface area contributed by atoms with Gasteiger partial charge in [0.15, 0.2) is 0 Å². The van der Waals surface area contributed by atoms with Gasteiger partial charge in [0.25, 0.3) is 0 Å². The third-order valence-electron chi connectivity index (χ3n) is 4.15. The van der Waals surface area contributed by atoms with Gasteiger partial charge in [0, 0.05) is 6.42 Å². The van der Waals surface area contributed by atoms with E-state index in [-0.39, 0.29) is 5.91 Å². The van der Waals surface area contributed by atoms with Gasteiger partial charge in [0.1, 0.15) is 0 Å². The van der Waals surface area contributed by atoms with Crippen LogP contribution in [0.5, 0.6) is 0 Å². The van der Waals surface area contributed by atoms with Gasteiger partial charge in [-0.25, -0.2) is 0 Å². The third-order valence-corrected chi connectivity index (χ3v) is 4.15. The van der Waals surface area contributed by atoms with Gasteiger partial charge < -0.3 is 5.73 Å². The van der Waals surface area contributed by atoms with Gasteiger partial charge in [-0.1, -0.05) is 49.6 Å². The fourth-order valence-corrected chi connectivity index (χ4v) is 3.21. The second-order valence-electron chi connectivity index (χ2n) is 5.42. The zero-order chi connectivity index (χ0) is 12.8. The Balaban J connectivity index is 2.08. The molecule has 0 saturated heterocycles. The number of nitrogens with two attached hydrogens (primary N) is 1. The highest BCUT2D eigenvalue weighted by atomic mass is 16.1. The highest BCUT2D eigenvalue weighted by molar-refractivity contribution is 5.73. The van der Waals surface area contributed by atoms with Crippen molar-refractivity contribution in [2.45, 2.75) is 50.9 Å². The van der Waals surface area contributed by atoms with Gasteiger partial charge in [-0.3, -0.25) is 4.79 Å². The molecular formula is C16H23NO. The molecule has 0 radical (unpaired) electrons. The van der Waals surface area contributed by atoms with Gasteiger partial charge in [-0.05, 0) is 36.7 Å². The molecule has 0 aliphatic heterocycles. The zero-order valence-corrected chi connectivity index (χ0v) is 11.0. The molecule has 0 aromatic heterocycles. The monoisotopic (exact) mass is 245 g/mol. The van der Waals surface area contributed by atoms with Crippen LogP contribution in [0.2, 0.25) is 0 Å². The normalized spacial score (nSPS) is 18.4. The summed E-state index contributed by atoms with van der Waals surface area (Å²) >= 11 is 0. The van der Waals surface area contributed by atoms with Crippen molar-refractivity contribution in [2.24, 2.45) is 11.7 Å². The molecule has 1 saturated carbocycles. The smallest absolute Gasteiger partial charge is 0.217 e. The number of hydrogen-bond acceptors (Lipinski definition) is 1. The number of carbonyl (C=O) groups excluding carboxylic acids is 1. The lowest BCUT2D eigenvalue weighted by Gasteiger charge is -2.30. The van der Waals surface area contributed by atoms with Crippen LogP contribution in [0.4, 0.5) is 0 Å². The summed E-state index contributed by atoms with van der Waals surface area (Å²) < 4.78 is 0. The fourth-order valence-electron chi connectivity index (χ4n) is 3.21. The molecule has 1 aromatic rings. The van der Waals surface area contributed by atoms with Crippen molar-refractivity contribution >= 4 is 5.91 Å². The van der Waals surface area contributed by atoms with Crippen LogP contribution >= 0.6 is 0 Å². The van der Waals surface area contributed by atoms with Crippen molar-refractivity contribution in [3.8, 4) is 0 Å². The average Bonchev–Trinajstić information content (AvgIpc) is 2.41. The van der Waals surface area contributed by atoms with E-state index in [1.807, 2.05) is 0 Å². The Labute approximate surface area is 110 Å². The maximum Gasteiger partial charge on any atom is 0.217 e. The molecular weight excluding hydrogens is 222 g/mol.